The van der Waals surface area contributed by atoms with E-state index in [1.54, 1.807) is 0 Å². The number of hydrogen-bond acceptors (Lipinski definition) is 6. The lowest BCUT2D eigenvalue weighted by Crippen LogP contribution is -2.52. The van der Waals surface area contributed by atoms with Gasteiger partial charge in [-0.15, -0.1) is 0 Å². The van der Waals surface area contributed by atoms with Gasteiger partial charge in [-0.3, -0.25) is 14.9 Å². The monoisotopic (exact) mass is 302 g/mol. The molecule has 1 aliphatic rings. The first-order chi connectivity index (χ1) is 10.1. The topological polar surface area (TPSA) is 96.9 Å². The molecule has 0 aromatic rings. The Balaban J connectivity index is 1.99. The van der Waals surface area contributed by atoms with Gasteiger partial charge in [-0.25, -0.2) is 0 Å². The van der Waals surface area contributed by atoms with Gasteiger partial charge in [0.2, 0.25) is 11.8 Å². The Kier molecular flexibility index (Phi) is 9.16. The molecule has 1 heterocycles. The van der Waals surface area contributed by atoms with E-state index in [9.17, 15) is 14.7 Å². The summed E-state index contributed by atoms with van der Waals surface area (Å²) in [6.45, 7) is 4.25. The van der Waals surface area contributed by atoms with Crippen LogP contribution < -0.4 is 10.6 Å². The highest BCUT2D eigenvalue weighted by molar-refractivity contribution is 6.00. The second kappa shape index (κ2) is 10.7. The van der Waals surface area contributed by atoms with E-state index in [2.05, 4.69) is 17.6 Å². The minimum absolute atomic E-state index is 0.192. The lowest BCUT2D eigenvalue weighted by Gasteiger charge is -2.23. The number of unbranched alkanes of at least 4 members (excludes halogenated alkanes) is 1. The zero-order valence-electron chi connectivity index (χ0n) is 12.6. The lowest BCUT2D eigenvalue weighted by atomic mass is 10.1. The molecule has 0 radical (unpaired) electrons. The van der Waals surface area contributed by atoms with Crippen LogP contribution in [0, 0.1) is 0 Å². The number of piperidine rings is 1. The van der Waals surface area contributed by atoms with E-state index >= 15 is 0 Å². The first kappa shape index (κ1) is 18.0. The van der Waals surface area contributed by atoms with Crippen LogP contribution >= 0.6 is 0 Å². The van der Waals surface area contributed by atoms with E-state index < -0.39 is 12.1 Å². The van der Waals surface area contributed by atoms with Gasteiger partial charge in [0.15, 0.2) is 0 Å². The fourth-order valence-corrected chi connectivity index (χ4v) is 1.91. The zero-order chi connectivity index (χ0) is 15.5. The van der Waals surface area contributed by atoms with Gasteiger partial charge in [-0.1, -0.05) is 13.3 Å². The average Bonchev–Trinajstić information content (AvgIpc) is 2.45. The normalized spacial score (nSPS) is 20.4. The number of ether oxygens (including phenoxy) is 2. The molecule has 0 spiro atoms. The zero-order valence-corrected chi connectivity index (χ0v) is 12.6. The molecule has 0 aliphatic carbocycles. The van der Waals surface area contributed by atoms with Crippen molar-refractivity contribution >= 4 is 11.8 Å². The van der Waals surface area contributed by atoms with Crippen LogP contribution in [0.25, 0.3) is 0 Å². The van der Waals surface area contributed by atoms with Gasteiger partial charge in [0.1, 0.15) is 0 Å². The van der Waals surface area contributed by atoms with Crippen molar-refractivity contribution in [1.29, 1.82) is 0 Å². The molecule has 0 bridgehead atoms. The fourth-order valence-electron chi connectivity index (χ4n) is 1.91. The summed E-state index contributed by atoms with van der Waals surface area (Å²) in [7, 11) is 0. The second-order valence-corrected chi connectivity index (χ2v) is 5.11. The predicted octanol–water partition coefficient (Wildman–Crippen LogP) is -0.425. The Bertz CT molecular complexity index is 324. The van der Waals surface area contributed by atoms with Gasteiger partial charge in [0.25, 0.3) is 0 Å². The van der Waals surface area contributed by atoms with Gasteiger partial charge in [-0.05, 0) is 12.8 Å². The summed E-state index contributed by atoms with van der Waals surface area (Å²) in [5, 5.41) is 14.9. The quantitative estimate of drug-likeness (QED) is 0.354. The molecule has 2 atom stereocenters. The highest BCUT2D eigenvalue weighted by atomic mass is 16.5. The third-order valence-electron chi connectivity index (χ3n) is 3.16. The molecule has 0 aromatic carbocycles. The molecule has 1 aliphatic heterocycles. The van der Waals surface area contributed by atoms with Crippen molar-refractivity contribution in [3.05, 3.63) is 0 Å². The molecule has 1 saturated heterocycles. The molecule has 1 rings (SSSR count). The van der Waals surface area contributed by atoms with Crippen LogP contribution in [0.5, 0.6) is 0 Å². The molecule has 1 fully saturated rings. The van der Waals surface area contributed by atoms with Crippen molar-refractivity contribution in [2.75, 3.05) is 33.0 Å². The number of nitrogens with one attached hydrogen (secondary N) is 2. The number of carbonyl (C=O) groups excluding carboxylic acids is 2. The van der Waals surface area contributed by atoms with Gasteiger partial charge in [0, 0.05) is 19.6 Å². The van der Waals surface area contributed by atoms with Crippen molar-refractivity contribution in [3.63, 3.8) is 0 Å². The molecule has 7 heteroatoms. The van der Waals surface area contributed by atoms with Crippen LogP contribution in [-0.2, 0) is 19.1 Å². The third kappa shape index (κ3) is 8.11. The minimum Gasteiger partial charge on any atom is -0.389 e. The van der Waals surface area contributed by atoms with Crippen molar-refractivity contribution < 1.29 is 24.2 Å². The maximum absolute atomic E-state index is 11.5. The Hall–Kier alpha value is -1.02. The van der Waals surface area contributed by atoms with E-state index in [0.29, 0.717) is 26.1 Å². The van der Waals surface area contributed by atoms with Gasteiger partial charge >= 0.3 is 0 Å². The molecule has 122 valence electrons. The number of amides is 2. The van der Waals surface area contributed by atoms with Crippen LogP contribution in [0.2, 0.25) is 0 Å². The van der Waals surface area contributed by atoms with E-state index in [4.69, 9.17) is 9.47 Å². The van der Waals surface area contributed by atoms with Gasteiger partial charge < -0.3 is 19.9 Å². The molecule has 3 N–H and O–H groups in total. The van der Waals surface area contributed by atoms with Crippen molar-refractivity contribution in [2.45, 2.75) is 44.8 Å². The minimum atomic E-state index is -0.689. The van der Waals surface area contributed by atoms with Crippen LogP contribution in [0.4, 0.5) is 0 Å². The molecule has 7 nitrogen and oxygen atoms in total. The predicted molar refractivity (Wildman–Crippen MR) is 76.7 cm³/mol. The second-order valence-electron chi connectivity index (χ2n) is 5.11. The van der Waals surface area contributed by atoms with E-state index in [-0.39, 0.29) is 25.0 Å². The standard InChI is InChI=1S/C14H26N2O5/c1-2-3-6-20-7-8-21-10-11(17)9-15-12-4-5-13(18)16-14(12)19/h11-12,15,17H,2-10H2,1H3,(H,16,18,19). The van der Waals surface area contributed by atoms with Crippen molar-refractivity contribution in [1.82, 2.24) is 10.6 Å². The summed E-state index contributed by atoms with van der Waals surface area (Å²) in [6.07, 6.45) is 2.24. The van der Waals surface area contributed by atoms with Crippen LogP contribution in [0.15, 0.2) is 0 Å². The number of hydrogen-bond donors (Lipinski definition) is 3. The van der Waals surface area contributed by atoms with Crippen LogP contribution in [0.1, 0.15) is 32.6 Å². The number of rotatable bonds is 11. The van der Waals surface area contributed by atoms with Crippen molar-refractivity contribution in [2.24, 2.45) is 0 Å². The molecule has 0 aromatic heterocycles. The summed E-state index contributed by atoms with van der Waals surface area (Å²) in [6, 6.07) is -0.422. The molecule has 21 heavy (non-hydrogen) atoms. The fraction of sp³-hybridized carbons (Fsp3) is 0.857. The summed E-state index contributed by atoms with van der Waals surface area (Å²) in [5.74, 6) is -0.575. The Morgan fingerprint density at radius 3 is 2.81 bits per heavy atom. The summed E-state index contributed by atoms with van der Waals surface area (Å²) < 4.78 is 10.6. The summed E-state index contributed by atoms with van der Waals surface area (Å²) >= 11 is 0. The molecule has 0 saturated carbocycles. The number of aliphatic hydroxyl groups is 1. The van der Waals surface area contributed by atoms with Gasteiger partial charge in [0.05, 0.1) is 32.0 Å². The molecule has 2 amide bonds. The molecular weight excluding hydrogens is 276 g/mol. The summed E-state index contributed by atoms with van der Waals surface area (Å²) in [4.78, 5) is 22.5. The Morgan fingerprint density at radius 2 is 2.10 bits per heavy atom. The third-order valence-corrected chi connectivity index (χ3v) is 3.16. The SMILES string of the molecule is CCCCOCCOCC(O)CNC1CCC(=O)NC1=O. The number of aliphatic hydroxyl groups excluding tert-OH is 1. The smallest absolute Gasteiger partial charge is 0.243 e. The van der Waals surface area contributed by atoms with Crippen LogP contribution in [-0.4, -0.2) is 62.0 Å². The van der Waals surface area contributed by atoms with E-state index in [1.807, 2.05) is 0 Å². The lowest BCUT2D eigenvalue weighted by molar-refractivity contribution is -0.134. The summed E-state index contributed by atoms with van der Waals surface area (Å²) in [5.41, 5.74) is 0. The largest absolute Gasteiger partial charge is 0.389 e. The highest BCUT2D eigenvalue weighted by Gasteiger charge is 2.26. The molecular formula is C14H26N2O5. The first-order valence-electron chi connectivity index (χ1n) is 7.54. The number of carbonyl (C=O) groups is 2. The average molecular weight is 302 g/mol. The maximum atomic E-state index is 11.5. The highest BCUT2D eigenvalue weighted by Crippen LogP contribution is 2.04. The number of imide groups is 1. The van der Waals surface area contributed by atoms with Crippen molar-refractivity contribution in [3.8, 4) is 0 Å². The van der Waals surface area contributed by atoms with E-state index in [1.165, 1.54) is 0 Å². The maximum Gasteiger partial charge on any atom is 0.243 e. The Morgan fingerprint density at radius 1 is 1.33 bits per heavy atom. The molecule has 2 unspecified atom stereocenters. The van der Waals surface area contributed by atoms with E-state index in [0.717, 1.165) is 19.4 Å². The van der Waals surface area contributed by atoms with Crippen LogP contribution in [0.3, 0.4) is 0 Å². The van der Waals surface area contributed by atoms with Gasteiger partial charge in [-0.2, -0.15) is 0 Å². The Labute approximate surface area is 125 Å². The first-order valence-corrected chi connectivity index (χ1v) is 7.54.